The van der Waals surface area contributed by atoms with Gasteiger partial charge in [0.1, 0.15) is 18.2 Å². The van der Waals surface area contributed by atoms with Gasteiger partial charge in [-0.05, 0) is 47.3 Å². The summed E-state index contributed by atoms with van der Waals surface area (Å²) in [5.41, 5.74) is 1.92. The van der Waals surface area contributed by atoms with Crippen LogP contribution in [-0.4, -0.2) is 17.2 Å². The van der Waals surface area contributed by atoms with E-state index in [2.05, 4.69) is 6.92 Å². The van der Waals surface area contributed by atoms with Crippen molar-refractivity contribution in [2.24, 2.45) is 0 Å². The average molecular weight is 288 g/mol. The second-order valence-corrected chi connectivity index (χ2v) is 4.90. The first kappa shape index (κ1) is 15.5. The first-order chi connectivity index (χ1) is 10.1. The van der Waals surface area contributed by atoms with Gasteiger partial charge in [-0.15, -0.1) is 0 Å². The van der Waals surface area contributed by atoms with Crippen LogP contribution in [0.2, 0.25) is 0 Å². The predicted molar refractivity (Wildman–Crippen MR) is 81.0 cm³/mol. The van der Waals surface area contributed by atoms with Gasteiger partial charge in [0.25, 0.3) is 0 Å². The third kappa shape index (κ3) is 4.31. The molecular weight excluding hydrogens is 270 g/mol. The van der Waals surface area contributed by atoms with Crippen LogP contribution >= 0.6 is 0 Å². The molecule has 5 heteroatoms. The first-order valence-electron chi connectivity index (χ1n) is 6.96. The molecule has 0 fully saturated rings. The molecule has 2 aromatic rings. The summed E-state index contributed by atoms with van der Waals surface area (Å²) in [5.74, 6) is 0.184. The van der Waals surface area contributed by atoms with Crippen molar-refractivity contribution < 1.29 is 19.2 Å². The number of ether oxygens (including phenoxy) is 1. The predicted octanol–water partition coefficient (Wildman–Crippen LogP) is 2.04. The second kappa shape index (κ2) is 7.25. The van der Waals surface area contributed by atoms with E-state index >= 15 is 0 Å². The molecule has 0 amide bonds. The van der Waals surface area contributed by atoms with Crippen LogP contribution < -0.4 is 10.2 Å². The molecule has 0 aliphatic heterocycles. The van der Waals surface area contributed by atoms with Crippen molar-refractivity contribution in [3.05, 3.63) is 59.4 Å². The largest absolute Gasteiger partial charge is 0.489 e. The van der Waals surface area contributed by atoms with Crippen LogP contribution in [0.3, 0.4) is 0 Å². The van der Waals surface area contributed by atoms with Gasteiger partial charge in [0.2, 0.25) is 0 Å². The van der Waals surface area contributed by atoms with Crippen LogP contribution in [0, 0.1) is 5.82 Å². The maximum atomic E-state index is 13.1. The topological polar surface area (TPSA) is 49.7 Å². The van der Waals surface area contributed by atoms with Gasteiger partial charge in [-0.1, -0.05) is 31.5 Å². The molecule has 21 heavy (non-hydrogen) atoms. The third-order valence-corrected chi connectivity index (χ3v) is 3.24. The van der Waals surface area contributed by atoms with Gasteiger partial charge in [-0.25, -0.2) is 4.39 Å². The van der Waals surface area contributed by atoms with Crippen LogP contribution in [0.15, 0.2) is 42.5 Å². The van der Waals surface area contributed by atoms with Gasteiger partial charge in [0, 0.05) is 0 Å². The van der Waals surface area contributed by atoms with E-state index < -0.39 is 12.9 Å². The Labute approximate surface area is 124 Å². The van der Waals surface area contributed by atoms with Crippen molar-refractivity contribution in [2.45, 2.75) is 26.4 Å². The van der Waals surface area contributed by atoms with Crippen molar-refractivity contribution in [1.82, 2.24) is 0 Å². The number of hydrogen-bond donors (Lipinski definition) is 2. The van der Waals surface area contributed by atoms with E-state index in [4.69, 9.17) is 4.74 Å². The number of hydrogen-bond acceptors (Lipinski definition) is 3. The summed E-state index contributed by atoms with van der Waals surface area (Å²) >= 11 is 0. The number of benzene rings is 2. The highest BCUT2D eigenvalue weighted by molar-refractivity contribution is 6.59. The highest BCUT2D eigenvalue weighted by atomic mass is 19.1. The molecule has 2 N–H and O–H groups in total. The zero-order valence-corrected chi connectivity index (χ0v) is 11.9. The molecule has 0 atom stereocenters. The summed E-state index contributed by atoms with van der Waals surface area (Å²) in [4.78, 5) is 0. The van der Waals surface area contributed by atoms with Crippen LogP contribution in [-0.2, 0) is 13.0 Å². The van der Waals surface area contributed by atoms with Crippen molar-refractivity contribution in [1.29, 1.82) is 0 Å². The maximum Gasteiger partial charge on any atom is 0.488 e. The van der Waals surface area contributed by atoms with Gasteiger partial charge in [0.15, 0.2) is 0 Å². The number of halogens is 1. The fraction of sp³-hybridized carbons (Fsp3) is 0.250. The zero-order valence-electron chi connectivity index (χ0n) is 11.9. The lowest BCUT2D eigenvalue weighted by Gasteiger charge is -2.11. The molecule has 0 aromatic heterocycles. The fourth-order valence-electron chi connectivity index (χ4n) is 2.14. The van der Waals surface area contributed by atoms with Crippen LogP contribution in [0.4, 0.5) is 4.39 Å². The molecule has 2 aromatic carbocycles. The Morgan fingerprint density at radius 2 is 1.81 bits per heavy atom. The molecule has 0 aliphatic carbocycles. The summed E-state index contributed by atoms with van der Waals surface area (Å²) in [7, 11) is -1.72. The summed E-state index contributed by atoms with van der Waals surface area (Å²) in [6.07, 6.45) is 2.12. The Balaban J connectivity index is 2.05. The molecule has 0 saturated heterocycles. The second-order valence-electron chi connectivity index (χ2n) is 4.90. The van der Waals surface area contributed by atoms with E-state index in [9.17, 15) is 14.4 Å². The Hall–Kier alpha value is -1.85. The summed E-state index contributed by atoms with van der Waals surface area (Å²) in [5, 5.41) is 18.5. The summed E-state index contributed by atoms with van der Waals surface area (Å²) < 4.78 is 18.7. The van der Waals surface area contributed by atoms with Gasteiger partial charge in [0.05, 0.1) is 0 Å². The van der Waals surface area contributed by atoms with E-state index in [-0.39, 0.29) is 12.1 Å². The Kier molecular flexibility index (Phi) is 5.36. The molecule has 0 heterocycles. The molecule has 0 bridgehead atoms. The molecule has 110 valence electrons. The Morgan fingerprint density at radius 1 is 1.10 bits per heavy atom. The summed E-state index contributed by atoms with van der Waals surface area (Å²) in [6.45, 7) is 2.28. The van der Waals surface area contributed by atoms with E-state index in [0.717, 1.165) is 18.9 Å². The van der Waals surface area contributed by atoms with E-state index in [0.29, 0.717) is 11.3 Å². The van der Waals surface area contributed by atoms with Crippen LogP contribution in [0.1, 0.15) is 24.5 Å². The Bertz CT molecular complexity index is 585. The fourth-order valence-corrected chi connectivity index (χ4v) is 2.14. The molecule has 0 saturated carbocycles. The minimum Gasteiger partial charge on any atom is -0.489 e. The van der Waals surface area contributed by atoms with Crippen molar-refractivity contribution >= 4 is 12.6 Å². The molecule has 0 unspecified atom stereocenters. The van der Waals surface area contributed by atoms with Gasteiger partial charge in [-0.2, -0.15) is 0 Å². The zero-order chi connectivity index (χ0) is 15.2. The quantitative estimate of drug-likeness (QED) is 0.800. The van der Waals surface area contributed by atoms with Crippen molar-refractivity contribution in [3.63, 3.8) is 0 Å². The van der Waals surface area contributed by atoms with E-state index in [1.807, 2.05) is 24.3 Å². The molecule has 2 rings (SSSR count). The van der Waals surface area contributed by atoms with Crippen molar-refractivity contribution in [2.75, 3.05) is 0 Å². The highest BCUT2D eigenvalue weighted by Crippen LogP contribution is 2.15. The molecule has 0 spiro atoms. The SMILES string of the molecule is CCCc1ccc(OCc2ccc(F)cc2B(O)O)cc1. The summed E-state index contributed by atoms with van der Waals surface area (Å²) in [6, 6.07) is 11.6. The normalized spacial score (nSPS) is 10.5. The monoisotopic (exact) mass is 288 g/mol. The van der Waals surface area contributed by atoms with E-state index in [1.54, 1.807) is 0 Å². The lowest BCUT2D eigenvalue weighted by atomic mass is 9.77. The van der Waals surface area contributed by atoms with Gasteiger partial charge >= 0.3 is 7.12 Å². The molecular formula is C16H18BFO3. The lowest BCUT2D eigenvalue weighted by Crippen LogP contribution is -2.34. The molecule has 0 radical (unpaired) electrons. The lowest BCUT2D eigenvalue weighted by molar-refractivity contribution is 0.306. The average Bonchev–Trinajstić information content (AvgIpc) is 2.47. The number of rotatable bonds is 6. The number of aryl methyl sites for hydroxylation is 1. The molecule has 0 aliphatic rings. The standard InChI is InChI=1S/C16H18BFO3/c1-2-3-12-4-8-15(9-5-12)21-11-13-6-7-14(18)10-16(13)17(19)20/h4-10,19-20H,2-3,11H2,1H3. The minimum atomic E-state index is -1.72. The highest BCUT2D eigenvalue weighted by Gasteiger charge is 2.17. The van der Waals surface area contributed by atoms with Gasteiger partial charge in [-0.3, -0.25) is 0 Å². The minimum absolute atomic E-state index is 0.123. The van der Waals surface area contributed by atoms with Crippen LogP contribution in [0.5, 0.6) is 5.75 Å². The van der Waals surface area contributed by atoms with E-state index in [1.165, 1.54) is 17.7 Å². The van der Waals surface area contributed by atoms with Gasteiger partial charge < -0.3 is 14.8 Å². The smallest absolute Gasteiger partial charge is 0.488 e. The molecule has 3 nitrogen and oxygen atoms in total. The first-order valence-corrected chi connectivity index (χ1v) is 6.96. The Morgan fingerprint density at radius 3 is 2.43 bits per heavy atom. The van der Waals surface area contributed by atoms with Crippen molar-refractivity contribution in [3.8, 4) is 5.75 Å². The maximum absolute atomic E-state index is 13.1. The van der Waals surface area contributed by atoms with Crippen LogP contribution in [0.25, 0.3) is 0 Å². The third-order valence-electron chi connectivity index (χ3n) is 3.24.